The third-order valence-electron chi connectivity index (χ3n) is 4.12. The van der Waals surface area contributed by atoms with E-state index in [9.17, 15) is 9.59 Å². The van der Waals surface area contributed by atoms with Gasteiger partial charge in [-0.05, 0) is 24.6 Å². The molecule has 4 rings (SSSR count). The third kappa shape index (κ3) is 2.97. The van der Waals surface area contributed by atoms with Crippen LogP contribution in [0.1, 0.15) is 23.3 Å². The van der Waals surface area contributed by atoms with Gasteiger partial charge in [-0.25, -0.2) is 0 Å². The molecule has 1 aromatic heterocycles. The zero-order valence-corrected chi connectivity index (χ0v) is 13.8. The van der Waals surface area contributed by atoms with Gasteiger partial charge in [-0.15, -0.1) is 0 Å². The quantitative estimate of drug-likeness (QED) is 0.801. The van der Waals surface area contributed by atoms with E-state index in [1.54, 1.807) is 17.8 Å². The number of ketones is 1. The predicted octanol–water partition coefficient (Wildman–Crippen LogP) is 2.69. The summed E-state index contributed by atoms with van der Waals surface area (Å²) >= 11 is 1.65. The van der Waals surface area contributed by atoms with E-state index in [0.29, 0.717) is 18.7 Å². The minimum Gasteiger partial charge on any atom is -0.372 e. The number of benzene rings is 1. The van der Waals surface area contributed by atoms with E-state index in [-0.39, 0.29) is 17.1 Å². The van der Waals surface area contributed by atoms with Crippen LogP contribution in [0.3, 0.4) is 0 Å². The number of allylic oxidation sites excluding steroid dienone is 2. The van der Waals surface area contributed by atoms with E-state index >= 15 is 0 Å². The fourth-order valence-electron chi connectivity index (χ4n) is 2.91. The summed E-state index contributed by atoms with van der Waals surface area (Å²) in [4.78, 5) is 27.8. The zero-order chi connectivity index (χ0) is 16.5. The number of aromatic amines is 1. The molecule has 0 spiro atoms. The van der Waals surface area contributed by atoms with Gasteiger partial charge in [0, 0.05) is 34.5 Å². The minimum atomic E-state index is -0.0970. The Kier molecular flexibility index (Phi) is 3.90. The maximum Gasteiger partial charge on any atom is 0.267 e. The van der Waals surface area contributed by atoms with Gasteiger partial charge in [0.2, 0.25) is 0 Å². The van der Waals surface area contributed by atoms with Gasteiger partial charge in [0.15, 0.2) is 5.78 Å². The fraction of sp³-hybridized carbons (Fsp3) is 0.222. The highest BCUT2D eigenvalue weighted by molar-refractivity contribution is 8.04. The molecule has 1 unspecified atom stereocenters. The molecule has 1 fully saturated rings. The van der Waals surface area contributed by atoms with E-state index in [4.69, 9.17) is 0 Å². The van der Waals surface area contributed by atoms with E-state index in [1.807, 2.05) is 36.4 Å². The average molecular weight is 339 g/mol. The van der Waals surface area contributed by atoms with Crippen LogP contribution in [0.25, 0.3) is 10.9 Å². The molecule has 0 radical (unpaired) electrons. The standard InChI is InChI=1S/C18H17N3O2S/c22-12-5-6-14-16(10-12)24-17(21-14)7-8-19-18(23)15-9-11-3-1-2-4-13(11)20-15/h1-4,6,9-10,17,20-21H,5,7-8H2,(H,19,23). The fourth-order valence-corrected chi connectivity index (χ4v) is 4.11. The number of H-pyrrole nitrogens is 1. The van der Waals surface area contributed by atoms with Crippen molar-refractivity contribution in [3.63, 3.8) is 0 Å². The van der Waals surface area contributed by atoms with Crippen LogP contribution in [0.15, 0.2) is 53.1 Å². The van der Waals surface area contributed by atoms with Crippen LogP contribution in [0, 0.1) is 0 Å². The number of amides is 1. The summed E-state index contributed by atoms with van der Waals surface area (Å²) in [6, 6.07) is 9.69. The molecule has 0 saturated carbocycles. The average Bonchev–Trinajstić information content (AvgIpc) is 3.17. The molecule has 1 saturated heterocycles. The lowest BCUT2D eigenvalue weighted by Crippen LogP contribution is -2.29. The first-order valence-electron chi connectivity index (χ1n) is 7.93. The lowest BCUT2D eigenvalue weighted by Gasteiger charge is -2.10. The predicted molar refractivity (Wildman–Crippen MR) is 95.6 cm³/mol. The molecule has 122 valence electrons. The Balaban J connectivity index is 1.32. The molecule has 2 heterocycles. The Hall–Kier alpha value is -2.47. The molecule has 1 aliphatic heterocycles. The number of rotatable bonds is 4. The van der Waals surface area contributed by atoms with E-state index < -0.39 is 0 Å². The van der Waals surface area contributed by atoms with Crippen LogP contribution < -0.4 is 10.6 Å². The number of hydrogen-bond acceptors (Lipinski definition) is 4. The normalized spacial score (nSPS) is 19.5. The maximum atomic E-state index is 12.2. The van der Waals surface area contributed by atoms with Crippen molar-refractivity contribution in [1.82, 2.24) is 15.6 Å². The van der Waals surface area contributed by atoms with Gasteiger partial charge in [-0.1, -0.05) is 36.0 Å². The van der Waals surface area contributed by atoms with Crippen molar-refractivity contribution >= 4 is 34.4 Å². The Labute approximate surface area is 143 Å². The van der Waals surface area contributed by atoms with Gasteiger partial charge < -0.3 is 15.6 Å². The summed E-state index contributed by atoms with van der Waals surface area (Å²) in [6.45, 7) is 0.577. The summed E-state index contributed by atoms with van der Waals surface area (Å²) in [5, 5.41) is 7.56. The van der Waals surface area contributed by atoms with E-state index in [2.05, 4.69) is 15.6 Å². The van der Waals surface area contributed by atoms with Gasteiger partial charge in [-0.2, -0.15) is 0 Å². The largest absolute Gasteiger partial charge is 0.372 e. The molecule has 24 heavy (non-hydrogen) atoms. The van der Waals surface area contributed by atoms with Crippen molar-refractivity contribution in [2.24, 2.45) is 0 Å². The van der Waals surface area contributed by atoms with Crippen molar-refractivity contribution in [3.8, 4) is 0 Å². The molecule has 5 nitrogen and oxygen atoms in total. The van der Waals surface area contributed by atoms with Crippen molar-refractivity contribution < 1.29 is 9.59 Å². The number of carbonyl (C=O) groups is 2. The number of para-hydroxylation sites is 1. The van der Waals surface area contributed by atoms with Crippen molar-refractivity contribution in [3.05, 3.63) is 58.8 Å². The Bertz CT molecular complexity index is 848. The molecule has 0 bridgehead atoms. The number of hydrogen-bond donors (Lipinski definition) is 3. The molecule has 2 aromatic rings. The Morgan fingerprint density at radius 1 is 1.33 bits per heavy atom. The van der Waals surface area contributed by atoms with E-state index in [0.717, 1.165) is 27.9 Å². The van der Waals surface area contributed by atoms with Crippen LogP contribution in [0.2, 0.25) is 0 Å². The van der Waals surface area contributed by atoms with Crippen LogP contribution in [0.5, 0.6) is 0 Å². The van der Waals surface area contributed by atoms with Crippen molar-refractivity contribution in [2.45, 2.75) is 18.2 Å². The summed E-state index contributed by atoms with van der Waals surface area (Å²) in [5.41, 5.74) is 2.59. The highest BCUT2D eigenvalue weighted by Gasteiger charge is 2.26. The van der Waals surface area contributed by atoms with Gasteiger partial charge in [-0.3, -0.25) is 9.59 Å². The highest BCUT2D eigenvalue weighted by Crippen LogP contribution is 2.37. The number of nitrogens with one attached hydrogen (secondary N) is 3. The summed E-state index contributed by atoms with van der Waals surface area (Å²) in [7, 11) is 0. The van der Waals surface area contributed by atoms with Gasteiger partial charge >= 0.3 is 0 Å². The van der Waals surface area contributed by atoms with E-state index in [1.165, 1.54) is 0 Å². The first kappa shape index (κ1) is 15.1. The van der Waals surface area contributed by atoms with Crippen molar-refractivity contribution in [2.75, 3.05) is 6.54 Å². The Morgan fingerprint density at radius 2 is 2.21 bits per heavy atom. The number of fused-ring (bicyclic) bond motifs is 2. The smallest absolute Gasteiger partial charge is 0.267 e. The van der Waals surface area contributed by atoms with Gasteiger partial charge in [0.05, 0.1) is 5.37 Å². The van der Waals surface area contributed by atoms with Gasteiger partial charge in [0.25, 0.3) is 5.91 Å². The molecule has 1 atom stereocenters. The van der Waals surface area contributed by atoms with Crippen LogP contribution in [-0.2, 0) is 4.79 Å². The monoisotopic (exact) mass is 339 g/mol. The number of carbonyl (C=O) groups excluding carboxylic acids is 2. The summed E-state index contributed by atoms with van der Waals surface area (Å²) < 4.78 is 0. The molecule has 6 heteroatoms. The molecule has 2 aliphatic rings. The highest BCUT2D eigenvalue weighted by atomic mass is 32.2. The molecular weight excluding hydrogens is 322 g/mol. The second-order valence-corrected chi connectivity index (χ2v) is 7.11. The minimum absolute atomic E-state index is 0.0970. The lowest BCUT2D eigenvalue weighted by molar-refractivity contribution is -0.113. The SMILES string of the molecule is O=C1C=C2SC(CCNC(=O)c3cc4ccccc4[nH]3)NC2=CC1. The Morgan fingerprint density at radius 3 is 3.08 bits per heavy atom. The number of aromatic nitrogens is 1. The second-order valence-electron chi connectivity index (χ2n) is 5.86. The molecule has 1 aromatic carbocycles. The lowest BCUT2D eigenvalue weighted by atomic mass is 10.1. The summed E-state index contributed by atoms with van der Waals surface area (Å²) in [5.74, 6) is 0.0519. The van der Waals surface area contributed by atoms with Gasteiger partial charge in [0.1, 0.15) is 5.69 Å². The maximum absolute atomic E-state index is 12.2. The van der Waals surface area contributed by atoms with Crippen molar-refractivity contribution in [1.29, 1.82) is 0 Å². The van der Waals surface area contributed by atoms with Crippen LogP contribution in [0.4, 0.5) is 0 Å². The molecule has 1 amide bonds. The topological polar surface area (TPSA) is 74.0 Å². The van der Waals surface area contributed by atoms with Crippen LogP contribution >= 0.6 is 11.8 Å². The molecule has 3 N–H and O–H groups in total. The first-order chi connectivity index (χ1) is 11.7. The molecular formula is C18H17N3O2S. The number of thioether (sulfide) groups is 1. The zero-order valence-electron chi connectivity index (χ0n) is 13.0. The second kappa shape index (κ2) is 6.20. The van der Waals surface area contributed by atoms with Crippen LogP contribution in [-0.4, -0.2) is 28.6 Å². The first-order valence-corrected chi connectivity index (χ1v) is 8.81. The third-order valence-corrected chi connectivity index (χ3v) is 5.35. The molecule has 1 aliphatic carbocycles. The summed E-state index contributed by atoms with van der Waals surface area (Å²) in [6.07, 6.45) is 4.90.